The van der Waals surface area contributed by atoms with Crippen LogP contribution in [0.3, 0.4) is 0 Å². The van der Waals surface area contributed by atoms with Gasteiger partial charge < -0.3 is 15.5 Å². The van der Waals surface area contributed by atoms with Crippen LogP contribution in [0.15, 0.2) is 18.2 Å². The number of piperidine rings is 1. The van der Waals surface area contributed by atoms with E-state index in [0.717, 1.165) is 5.56 Å². The first-order chi connectivity index (χ1) is 14.0. The van der Waals surface area contributed by atoms with E-state index in [-0.39, 0.29) is 25.0 Å². The molecule has 2 heterocycles. The molecule has 1 saturated carbocycles. The average Bonchev–Trinajstić information content (AvgIpc) is 2.94. The van der Waals surface area contributed by atoms with E-state index in [1.807, 2.05) is 6.92 Å². The fourth-order valence-corrected chi connectivity index (χ4v) is 5.99. The fraction of sp³-hybridized carbons (Fsp3) is 0.619. The predicted octanol–water partition coefficient (Wildman–Crippen LogP) is 1.79. The van der Waals surface area contributed by atoms with Crippen molar-refractivity contribution >= 4 is 11.9 Å². The normalized spacial score (nSPS) is 36.7. The van der Waals surface area contributed by atoms with Crippen LogP contribution in [0.25, 0.3) is 0 Å². The van der Waals surface area contributed by atoms with E-state index in [1.54, 1.807) is 30.0 Å². The number of urea groups is 1. The molecule has 4 rings (SSSR count). The van der Waals surface area contributed by atoms with Gasteiger partial charge in [-0.05, 0) is 69.3 Å². The number of benzene rings is 1. The number of fused-ring (bicyclic) bond motifs is 1. The van der Waals surface area contributed by atoms with E-state index in [2.05, 4.69) is 10.6 Å². The van der Waals surface area contributed by atoms with Gasteiger partial charge in [-0.15, -0.1) is 0 Å². The standard InChI is InChI=1S/C21H27F2N3O4/c1-12-3-4-14(27)9-15(12)19-7-8-26(10-16(22)23)13(2)21(19,30)6-5-20(11-19)17(28)24-18(29)25-20/h3-4,9,13,16,27,30H,5-8,10-11H2,1-2H3,(H2,24,25,28,29)/t13-,19-,20+,21-/m1/s1. The molecular formula is C21H27F2N3O4. The van der Waals surface area contributed by atoms with Crippen LogP contribution in [0.1, 0.15) is 43.7 Å². The number of rotatable bonds is 3. The van der Waals surface area contributed by atoms with Crippen molar-refractivity contribution in [3.8, 4) is 5.75 Å². The maximum Gasteiger partial charge on any atom is 0.322 e. The highest BCUT2D eigenvalue weighted by Gasteiger charge is 2.67. The Morgan fingerprint density at radius 2 is 2.00 bits per heavy atom. The zero-order valence-corrected chi connectivity index (χ0v) is 17.0. The number of imide groups is 1. The Bertz CT molecular complexity index is 897. The third kappa shape index (κ3) is 2.90. The number of hydrogen-bond acceptors (Lipinski definition) is 5. The van der Waals surface area contributed by atoms with Crippen LogP contribution in [-0.4, -0.2) is 63.7 Å². The minimum atomic E-state index is -2.53. The molecule has 3 fully saturated rings. The zero-order valence-electron chi connectivity index (χ0n) is 17.0. The van der Waals surface area contributed by atoms with Crippen LogP contribution in [0.2, 0.25) is 0 Å². The van der Waals surface area contributed by atoms with Gasteiger partial charge >= 0.3 is 6.03 Å². The number of nitrogens with one attached hydrogen (secondary N) is 2. The first-order valence-electron chi connectivity index (χ1n) is 10.2. The molecule has 164 valence electrons. The molecular weight excluding hydrogens is 396 g/mol. The van der Waals surface area contributed by atoms with Gasteiger partial charge in [0.2, 0.25) is 0 Å². The van der Waals surface area contributed by atoms with Crippen molar-refractivity contribution in [1.82, 2.24) is 15.5 Å². The van der Waals surface area contributed by atoms with Crippen molar-refractivity contribution in [3.63, 3.8) is 0 Å². The van der Waals surface area contributed by atoms with Crippen molar-refractivity contribution < 1.29 is 28.6 Å². The molecule has 0 unspecified atom stereocenters. The second-order valence-corrected chi connectivity index (χ2v) is 8.98. The number of alkyl halides is 2. The molecule has 0 aromatic heterocycles. The number of carbonyl (C=O) groups excluding carboxylic acids is 2. The first-order valence-corrected chi connectivity index (χ1v) is 10.2. The number of aromatic hydroxyl groups is 1. The Labute approximate surface area is 173 Å². The lowest BCUT2D eigenvalue weighted by Gasteiger charge is -2.62. The topological polar surface area (TPSA) is 102 Å². The Kier molecular flexibility index (Phi) is 4.81. The van der Waals surface area contributed by atoms with Gasteiger partial charge in [0.15, 0.2) is 0 Å². The molecule has 3 amide bonds. The Hall–Kier alpha value is -2.26. The first kappa shape index (κ1) is 21.0. The molecule has 9 heteroatoms. The lowest BCUT2D eigenvalue weighted by Crippen LogP contribution is -2.73. The van der Waals surface area contributed by atoms with Gasteiger partial charge in [-0.25, -0.2) is 13.6 Å². The molecule has 2 aliphatic heterocycles. The number of hydrogen-bond donors (Lipinski definition) is 4. The maximum absolute atomic E-state index is 13.2. The smallest absolute Gasteiger partial charge is 0.322 e. The Morgan fingerprint density at radius 1 is 1.27 bits per heavy atom. The number of halogens is 2. The molecule has 0 radical (unpaired) electrons. The van der Waals surface area contributed by atoms with Crippen LogP contribution in [-0.2, 0) is 10.2 Å². The zero-order chi connectivity index (χ0) is 21.9. The minimum absolute atomic E-state index is 0.0227. The van der Waals surface area contributed by atoms with Crippen LogP contribution in [0, 0.1) is 6.92 Å². The van der Waals surface area contributed by atoms with Gasteiger partial charge in [-0.1, -0.05) is 6.07 Å². The number of amides is 3. The molecule has 3 aliphatic rings. The summed E-state index contributed by atoms with van der Waals surface area (Å²) in [6.07, 6.45) is -1.73. The fourth-order valence-electron chi connectivity index (χ4n) is 5.99. The summed E-state index contributed by atoms with van der Waals surface area (Å²) in [6, 6.07) is 3.71. The highest BCUT2D eigenvalue weighted by Crippen LogP contribution is 2.57. The van der Waals surface area contributed by atoms with E-state index in [4.69, 9.17) is 0 Å². The molecule has 2 saturated heterocycles. The highest BCUT2D eigenvalue weighted by molar-refractivity contribution is 6.07. The van der Waals surface area contributed by atoms with Crippen LogP contribution < -0.4 is 10.6 Å². The van der Waals surface area contributed by atoms with Gasteiger partial charge in [-0.2, -0.15) is 0 Å². The van der Waals surface area contributed by atoms with E-state index in [9.17, 15) is 28.6 Å². The summed E-state index contributed by atoms with van der Waals surface area (Å²) < 4.78 is 26.3. The summed E-state index contributed by atoms with van der Waals surface area (Å²) in [5.74, 6) is -0.413. The molecule has 0 bridgehead atoms. The third-order valence-electron chi connectivity index (χ3n) is 7.55. The van der Waals surface area contributed by atoms with E-state index in [1.165, 1.54) is 0 Å². The lowest BCUT2D eigenvalue weighted by molar-refractivity contribution is -0.174. The summed E-state index contributed by atoms with van der Waals surface area (Å²) in [4.78, 5) is 26.2. The van der Waals surface area contributed by atoms with Gasteiger partial charge in [0.25, 0.3) is 12.3 Å². The lowest BCUT2D eigenvalue weighted by atomic mass is 9.49. The Balaban J connectivity index is 1.86. The van der Waals surface area contributed by atoms with Crippen molar-refractivity contribution in [2.24, 2.45) is 0 Å². The average molecular weight is 423 g/mol. The van der Waals surface area contributed by atoms with Gasteiger partial charge in [0.05, 0.1) is 12.1 Å². The largest absolute Gasteiger partial charge is 0.508 e. The van der Waals surface area contributed by atoms with E-state index < -0.39 is 47.5 Å². The summed E-state index contributed by atoms with van der Waals surface area (Å²) in [5, 5.41) is 27.3. The van der Waals surface area contributed by atoms with Gasteiger partial charge in [-0.3, -0.25) is 15.0 Å². The van der Waals surface area contributed by atoms with Gasteiger partial charge in [0.1, 0.15) is 11.3 Å². The van der Waals surface area contributed by atoms with E-state index in [0.29, 0.717) is 18.5 Å². The molecule has 4 atom stereocenters. The van der Waals surface area contributed by atoms with Crippen LogP contribution in [0.5, 0.6) is 5.75 Å². The Morgan fingerprint density at radius 3 is 2.63 bits per heavy atom. The van der Waals surface area contributed by atoms with Gasteiger partial charge in [0, 0.05) is 11.5 Å². The number of phenols is 1. The van der Waals surface area contributed by atoms with Crippen LogP contribution >= 0.6 is 0 Å². The monoisotopic (exact) mass is 423 g/mol. The number of phenolic OH excluding ortho intramolecular Hbond substituents is 1. The molecule has 1 spiro atoms. The third-order valence-corrected chi connectivity index (χ3v) is 7.55. The molecule has 7 nitrogen and oxygen atoms in total. The molecule has 30 heavy (non-hydrogen) atoms. The molecule has 1 aromatic carbocycles. The summed E-state index contributed by atoms with van der Waals surface area (Å²) in [5.41, 5.74) is -2.09. The second-order valence-electron chi connectivity index (χ2n) is 8.98. The number of aryl methyl sites for hydroxylation is 1. The van der Waals surface area contributed by atoms with E-state index >= 15 is 0 Å². The summed E-state index contributed by atoms with van der Waals surface area (Å²) in [7, 11) is 0. The molecule has 4 N–H and O–H groups in total. The summed E-state index contributed by atoms with van der Waals surface area (Å²) >= 11 is 0. The van der Waals surface area contributed by atoms with Crippen LogP contribution in [0.4, 0.5) is 13.6 Å². The SMILES string of the molecule is Cc1ccc(O)cc1[C@]12CCN(CC(F)F)[C@H](C)[C@]1(O)CC[C@@]1(C2)NC(=O)NC1=O. The highest BCUT2D eigenvalue weighted by atomic mass is 19.3. The van der Waals surface area contributed by atoms with Crippen molar-refractivity contribution in [2.75, 3.05) is 13.1 Å². The number of carbonyl (C=O) groups is 2. The number of aliphatic hydroxyl groups is 1. The van der Waals surface area contributed by atoms with Crippen molar-refractivity contribution in [1.29, 1.82) is 0 Å². The number of likely N-dealkylation sites (tertiary alicyclic amines) is 1. The number of nitrogens with zero attached hydrogens (tertiary/aromatic N) is 1. The quantitative estimate of drug-likeness (QED) is 0.556. The molecule has 1 aromatic rings. The minimum Gasteiger partial charge on any atom is -0.508 e. The molecule has 1 aliphatic carbocycles. The summed E-state index contributed by atoms with van der Waals surface area (Å²) in [6.45, 7) is 3.45. The van der Waals surface area contributed by atoms with Crippen molar-refractivity contribution in [2.45, 2.75) is 68.6 Å². The van der Waals surface area contributed by atoms with Crippen molar-refractivity contribution in [3.05, 3.63) is 29.3 Å². The second kappa shape index (κ2) is 6.88. The predicted molar refractivity (Wildman–Crippen MR) is 104 cm³/mol. The maximum atomic E-state index is 13.2.